The third-order valence-corrected chi connectivity index (χ3v) is 8.18. The van der Waals surface area contributed by atoms with Crippen molar-refractivity contribution in [1.82, 2.24) is 35.1 Å². The molecule has 5 heterocycles. The number of fused-ring (bicyclic) bond motifs is 3. The number of hydrogen-bond acceptors (Lipinski definition) is 8. The molecule has 3 N–H and O–H groups in total. The number of nitrogens with one attached hydrogen (secondary N) is 1. The number of aromatic nitrogens is 7. The number of aryl methyl sites for hydroxylation is 3. The van der Waals surface area contributed by atoms with Crippen LogP contribution in [0.15, 0.2) is 35.1 Å². The predicted octanol–water partition coefficient (Wildman–Crippen LogP) is 2.86. The lowest BCUT2D eigenvalue weighted by Gasteiger charge is -2.26. The summed E-state index contributed by atoms with van der Waals surface area (Å²) in [6.07, 6.45) is 4.95. The topological polar surface area (TPSA) is 128 Å². The second kappa shape index (κ2) is 7.11. The van der Waals surface area contributed by atoms with E-state index in [9.17, 15) is 0 Å². The Morgan fingerprint density at radius 2 is 2.14 bits per heavy atom. The van der Waals surface area contributed by atoms with Crippen LogP contribution < -0.4 is 10.6 Å². The molecule has 1 aliphatic carbocycles. The lowest BCUT2D eigenvalue weighted by Crippen LogP contribution is -2.32. The summed E-state index contributed by atoms with van der Waals surface area (Å²) in [6, 6.07) is 6.13. The Morgan fingerprint density at radius 1 is 1.26 bits per heavy atom. The Labute approximate surface area is 201 Å². The molecule has 10 nitrogen and oxygen atoms in total. The molecule has 2 fully saturated rings. The first-order valence-corrected chi connectivity index (χ1v) is 12.0. The third-order valence-electron chi connectivity index (χ3n) is 8.18. The van der Waals surface area contributed by atoms with Crippen molar-refractivity contribution in [2.24, 2.45) is 24.6 Å². The largest absolute Gasteiger partial charge is 0.361 e. The van der Waals surface area contributed by atoms with Crippen molar-refractivity contribution in [1.29, 1.82) is 0 Å². The molecule has 7 rings (SSSR count). The SMILES string of the molecule is Cc1cc([C@@]2(CN)[C@@H]3CCN(c4cnc5c(-c6ccc7nn(C)cc7c6C)n[nH]c5n4)C[C@@H]32)no1. The minimum atomic E-state index is -0.0896. The minimum Gasteiger partial charge on any atom is -0.361 e. The highest BCUT2D eigenvalue weighted by Crippen LogP contribution is 2.62. The molecule has 1 saturated heterocycles. The van der Waals surface area contributed by atoms with Crippen molar-refractivity contribution in [3.63, 3.8) is 0 Å². The van der Waals surface area contributed by atoms with Crippen molar-refractivity contribution < 1.29 is 4.52 Å². The van der Waals surface area contributed by atoms with Gasteiger partial charge < -0.3 is 15.2 Å². The van der Waals surface area contributed by atoms with Crippen molar-refractivity contribution in [2.45, 2.75) is 25.7 Å². The molecule has 35 heavy (non-hydrogen) atoms. The van der Waals surface area contributed by atoms with E-state index < -0.39 is 0 Å². The van der Waals surface area contributed by atoms with Gasteiger partial charge in [-0.15, -0.1) is 0 Å². The molecule has 1 saturated carbocycles. The number of rotatable bonds is 4. The number of anilines is 1. The third kappa shape index (κ3) is 2.83. The van der Waals surface area contributed by atoms with Crippen LogP contribution in [0.25, 0.3) is 33.3 Å². The summed E-state index contributed by atoms with van der Waals surface area (Å²) < 4.78 is 7.21. The van der Waals surface area contributed by atoms with E-state index in [1.165, 1.54) is 0 Å². The first-order valence-electron chi connectivity index (χ1n) is 12.0. The highest BCUT2D eigenvalue weighted by molar-refractivity contribution is 5.94. The standard InChI is InChI=1S/C25H27N9O/c1-13-8-20(32-35-13)25(12-26)17-6-7-34(11-18(17)25)21-9-27-23-22(29-30-24(23)28-21)15-4-5-19-16(14(15)2)10-33(3)31-19/h4-5,8-10,17-18H,6-7,11-12,26H2,1-3H3,(H,28,29,30)/t17-,18+,25+/m1/s1. The maximum Gasteiger partial charge on any atom is 0.177 e. The van der Waals surface area contributed by atoms with Crippen LogP contribution in [-0.2, 0) is 12.5 Å². The van der Waals surface area contributed by atoms with E-state index in [2.05, 4.69) is 38.3 Å². The average Bonchev–Trinajstić information content (AvgIpc) is 3.24. The molecule has 3 atom stereocenters. The summed E-state index contributed by atoms with van der Waals surface area (Å²) in [5.41, 5.74) is 12.6. The van der Waals surface area contributed by atoms with Gasteiger partial charge in [-0.05, 0) is 43.7 Å². The average molecular weight is 470 g/mol. The number of H-pyrrole nitrogens is 1. The van der Waals surface area contributed by atoms with Gasteiger partial charge in [0.2, 0.25) is 0 Å². The number of piperidine rings is 1. The Kier molecular flexibility index (Phi) is 4.18. The molecule has 0 radical (unpaired) electrons. The second-order valence-electron chi connectivity index (χ2n) is 9.99. The van der Waals surface area contributed by atoms with E-state index in [4.69, 9.17) is 20.2 Å². The van der Waals surface area contributed by atoms with Gasteiger partial charge in [-0.1, -0.05) is 11.2 Å². The molecule has 0 unspecified atom stereocenters. The summed E-state index contributed by atoms with van der Waals surface area (Å²) in [6.45, 7) is 6.40. The molecule has 0 amide bonds. The quantitative estimate of drug-likeness (QED) is 0.411. The maximum atomic E-state index is 6.29. The lowest BCUT2D eigenvalue weighted by molar-refractivity contribution is 0.379. The fourth-order valence-electron chi connectivity index (χ4n) is 6.30. The lowest BCUT2D eigenvalue weighted by atomic mass is 9.97. The van der Waals surface area contributed by atoms with Crippen LogP contribution in [0.2, 0.25) is 0 Å². The molecule has 0 spiro atoms. The fourth-order valence-corrected chi connectivity index (χ4v) is 6.30. The zero-order valence-corrected chi connectivity index (χ0v) is 20.0. The minimum absolute atomic E-state index is 0.0896. The van der Waals surface area contributed by atoms with Gasteiger partial charge in [0, 0.05) is 55.3 Å². The summed E-state index contributed by atoms with van der Waals surface area (Å²) in [7, 11) is 1.94. The normalized spacial score (nSPS) is 23.8. The van der Waals surface area contributed by atoms with Crippen LogP contribution in [0, 0.1) is 25.7 Å². The molecule has 178 valence electrons. The first-order chi connectivity index (χ1) is 17.0. The molecule has 2 aliphatic rings. The Balaban J connectivity index is 1.20. The Morgan fingerprint density at radius 3 is 2.94 bits per heavy atom. The zero-order chi connectivity index (χ0) is 23.9. The number of nitrogens with zero attached hydrogens (tertiary/aromatic N) is 7. The summed E-state index contributed by atoms with van der Waals surface area (Å²) >= 11 is 0. The summed E-state index contributed by atoms with van der Waals surface area (Å²) in [5, 5.41) is 17.7. The maximum absolute atomic E-state index is 6.29. The van der Waals surface area contributed by atoms with E-state index in [-0.39, 0.29) is 5.41 Å². The summed E-state index contributed by atoms with van der Waals surface area (Å²) in [4.78, 5) is 12.0. The van der Waals surface area contributed by atoms with Gasteiger partial charge >= 0.3 is 0 Å². The van der Waals surface area contributed by atoms with Gasteiger partial charge in [0.15, 0.2) is 5.65 Å². The van der Waals surface area contributed by atoms with E-state index >= 15 is 0 Å². The van der Waals surface area contributed by atoms with E-state index in [1.54, 1.807) is 0 Å². The Bertz CT molecular complexity index is 1600. The smallest absolute Gasteiger partial charge is 0.177 e. The summed E-state index contributed by atoms with van der Waals surface area (Å²) in [5.74, 6) is 2.67. The number of aromatic amines is 1. The fraction of sp³-hybridized carbons (Fsp3) is 0.400. The molecule has 1 aromatic carbocycles. The monoisotopic (exact) mass is 469 g/mol. The molecular weight excluding hydrogens is 442 g/mol. The van der Waals surface area contributed by atoms with E-state index in [1.807, 2.05) is 43.2 Å². The van der Waals surface area contributed by atoms with Crippen LogP contribution in [0.3, 0.4) is 0 Å². The van der Waals surface area contributed by atoms with Crippen molar-refractivity contribution in [3.05, 3.63) is 47.6 Å². The molecule has 10 heteroatoms. The van der Waals surface area contributed by atoms with Crippen LogP contribution in [0.1, 0.15) is 23.4 Å². The number of hydrogen-bond donors (Lipinski definition) is 2. The van der Waals surface area contributed by atoms with E-state index in [0.29, 0.717) is 24.0 Å². The van der Waals surface area contributed by atoms with Crippen molar-refractivity contribution in [2.75, 3.05) is 24.5 Å². The van der Waals surface area contributed by atoms with Gasteiger partial charge in [0.05, 0.1) is 17.4 Å². The van der Waals surface area contributed by atoms with E-state index in [0.717, 1.165) is 70.0 Å². The molecule has 1 aliphatic heterocycles. The van der Waals surface area contributed by atoms with Gasteiger partial charge in [-0.2, -0.15) is 10.2 Å². The van der Waals surface area contributed by atoms with Crippen LogP contribution in [0.4, 0.5) is 5.82 Å². The zero-order valence-electron chi connectivity index (χ0n) is 20.0. The van der Waals surface area contributed by atoms with Crippen molar-refractivity contribution >= 4 is 27.9 Å². The van der Waals surface area contributed by atoms with Gasteiger partial charge in [-0.25, -0.2) is 9.97 Å². The number of nitrogens with two attached hydrogens (primary N) is 1. The van der Waals surface area contributed by atoms with Gasteiger partial charge in [0.25, 0.3) is 0 Å². The van der Waals surface area contributed by atoms with Crippen LogP contribution in [0.5, 0.6) is 0 Å². The molecular formula is C25H27N9O. The van der Waals surface area contributed by atoms with Crippen LogP contribution in [-0.4, -0.2) is 54.7 Å². The molecule has 4 aromatic heterocycles. The molecule has 0 bridgehead atoms. The molecule has 5 aromatic rings. The Hall–Kier alpha value is -3.79. The van der Waals surface area contributed by atoms with Gasteiger partial charge in [0.1, 0.15) is 22.8 Å². The first kappa shape index (κ1) is 20.6. The second-order valence-corrected chi connectivity index (χ2v) is 9.99. The highest BCUT2D eigenvalue weighted by Gasteiger charge is 2.67. The predicted molar refractivity (Wildman–Crippen MR) is 132 cm³/mol. The highest BCUT2D eigenvalue weighted by atomic mass is 16.5. The van der Waals surface area contributed by atoms with Crippen LogP contribution >= 0.6 is 0 Å². The number of benzene rings is 1. The van der Waals surface area contributed by atoms with Gasteiger partial charge in [-0.3, -0.25) is 9.78 Å². The van der Waals surface area contributed by atoms with Crippen molar-refractivity contribution in [3.8, 4) is 11.3 Å².